The van der Waals surface area contributed by atoms with Gasteiger partial charge in [-0.1, -0.05) is 0 Å². The Kier molecular flexibility index (Phi) is 3.83. The molecule has 1 atom stereocenters. The van der Waals surface area contributed by atoms with Gasteiger partial charge < -0.3 is 15.6 Å². The molecule has 0 aliphatic heterocycles. The van der Waals surface area contributed by atoms with Crippen molar-refractivity contribution in [3.63, 3.8) is 0 Å². The Labute approximate surface area is 67.5 Å². The average molecular weight is 159 g/mol. The summed E-state index contributed by atoms with van der Waals surface area (Å²) in [5.41, 5.74) is 5.23. The summed E-state index contributed by atoms with van der Waals surface area (Å²) in [5, 5.41) is 9.06. The van der Waals surface area contributed by atoms with E-state index in [0.29, 0.717) is 25.7 Å². The molecule has 66 valence electrons. The lowest BCUT2D eigenvalue weighted by Gasteiger charge is -2.25. The molecule has 11 heavy (non-hydrogen) atoms. The van der Waals surface area contributed by atoms with Gasteiger partial charge in [0.2, 0.25) is 0 Å². The van der Waals surface area contributed by atoms with Crippen LogP contribution in [0.5, 0.6) is 0 Å². The maximum atomic E-state index is 9.06. The topological polar surface area (TPSA) is 55.5 Å². The molecule has 0 aromatic rings. The Balaban J connectivity index is 1.86. The maximum absolute atomic E-state index is 9.06. The Morgan fingerprint density at radius 1 is 1.55 bits per heavy atom. The van der Waals surface area contributed by atoms with Gasteiger partial charge in [-0.25, -0.2) is 0 Å². The van der Waals surface area contributed by atoms with Gasteiger partial charge in [0.05, 0.1) is 12.2 Å². The van der Waals surface area contributed by atoms with Gasteiger partial charge in [-0.15, -0.1) is 0 Å². The van der Waals surface area contributed by atoms with Crippen LogP contribution >= 0.6 is 0 Å². The standard InChI is InChI=1S/C8H17NO2/c9-6-7(10)4-5-11-8-2-1-3-8/h7-8,10H,1-6,9H2. The van der Waals surface area contributed by atoms with Gasteiger partial charge in [0.15, 0.2) is 0 Å². The Bertz CT molecular complexity index is 99.5. The minimum absolute atomic E-state index is 0.341. The molecule has 1 unspecified atom stereocenters. The van der Waals surface area contributed by atoms with Gasteiger partial charge >= 0.3 is 0 Å². The molecule has 0 bridgehead atoms. The van der Waals surface area contributed by atoms with Crippen molar-refractivity contribution in [1.29, 1.82) is 0 Å². The van der Waals surface area contributed by atoms with Crippen LogP contribution in [0.25, 0.3) is 0 Å². The molecule has 0 saturated heterocycles. The number of hydrogen-bond donors (Lipinski definition) is 2. The molecule has 0 aromatic carbocycles. The Morgan fingerprint density at radius 3 is 2.73 bits per heavy atom. The fourth-order valence-corrected chi connectivity index (χ4v) is 1.03. The predicted molar refractivity (Wildman–Crippen MR) is 43.3 cm³/mol. The third kappa shape index (κ3) is 3.18. The van der Waals surface area contributed by atoms with Crippen molar-refractivity contribution < 1.29 is 9.84 Å². The molecule has 0 spiro atoms. The molecule has 1 aliphatic carbocycles. The number of ether oxygens (including phenoxy) is 1. The fraction of sp³-hybridized carbons (Fsp3) is 1.00. The average Bonchev–Trinajstić information content (AvgIpc) is 1.94. The quantitative estimate of drug-likeness (QED) is 0.605. The van der Waals surface area contributed by atoms with Crippen molar-refractivity contribution in [2.45, 2.75) is 37.9 Å². The highest BCUT2D eigenvalue weighted by Gasteiger charge is 2.17. The monoisotopic (exact) mass is 159 g/mol. The van der Waals surface area contributed by atoms with Crippen LogP contribution in [0.15, 0.2) is 0 Å². The highest BCUT2D eigenvalue weighted by atomic mass is 16.5. The summed E-state index contributed by atoms with van der Waals surface area (Å²) in [7, 11) is 0. The van der Waals surface area contributed by atoms with Crippen LogP contribution in [0, 0.1) is 0 Å². The predicted octanol–water partition coefficient (Wildman–Crippen LogP) is 0.265. The molecule has 3 N–H and O–H groups in total. The lowest BCUT2D eigenvalue weighted by molar-refractivity contribution is -0.0116. The molecule has 1 fully saturated rings. The molecular formula is C8H17NO2. The molecule has 3 heteroatoms. The van der Waals surface area contributed by atoms with Crippen LogP contribution in [0.3, 0.4) is 0 Å². The van der Waals surface area contributed by atoms with E-state index in [1.807, 2.05) is 0 Å². The van der Waals surface area contributed by atoms with E-state index >= 15 is 0 Å². The summed E-state index contributed by atoms with van der Waals surface area (Å²) in [6.45, 7) is 0.997. The van der Waals surface area contributed by atoms with Crippen molar-refractivity contribution in [1.82, 2.24) is 0 Å². The fourth-order valence-electron chi connectivity index (χ4n) is 1.03. The largest absolute Gasteiger partial charge is 0.392 e. The maximum Gasteiger partial charge on any atom is 0.0684 e. The highest BCUT2D eigenvalue weighted by molar-refractivity contribution is 4.69. The van der Waals surface area contributed by atoms with Gasteiger partial charge in [-0.2, -0.15) is 0 Å². The van der Waals surface area contributed by atoms with Gasteiger partial charge in [0.1, 0.15) is 0 Å². The van der Waals surface area contributed by atoms with Crippen LogP contribution in [0.1, 0.15) is 25.7 Å². The van der Waals surface area contributed by atoms with E-state index < -0.39 is 0 Å². The summed E-state index contributed by atoms with van der Waals surface area (Å²) in [6, 6.07) is 0. The second-order valence-electron chi connectivity index (χ2n) is 3.10. The van der Waals surface area contributed by atoms with E-state index in [-0.39, 0.29) is 6.10 Å². The smallest absolute Gasteiger partial charge is 0.0684 e. The summed E-state index contributed by atoms with van der Waals surface area (Å²) < 4.78 is 5.43. The molecule has 0 heterocycles. The summed E-state index contributed by atoms with van der Waals surface area (Å²) in [5.74, 6) is 0. The molecule has 3 nitrogen and oxygen atoms in total. The number of hydrogen-bond acceptors (Lipinski definition) is 3. The zero-order valence-corrected chi connectivity index (χ0v) is 6.83. The zero-order chi connectivity index (χ0) is 8.10. The first-order valence-corrected chi connectivity index (χ1v) is 4.32. The van der Waals surface area contributed by atoms with Crippen molar-refractivity contribution in [3.8, 4) is 0 Å². The molecule has 0 aromatic heterocycles. The van der Waals surface area contributed by atoms with Crippen LogP contribution in [0.2, 0.25) is 0 Å². The van der Waals surface area contributed by atoms with Crippen LogP contribution < -0.4 is 5.73 Å². The van der Waals surface area contributed by atoms with Gasteiger partial charge in [0, 0.05) is 13.2 Å². The van der Waals surface area contributed by atoms with Crippen molar-refractivity contribution >= 4 is 0 Å². The molecular weight excluding hydrogens is 142 g/mol. The molecule has 1 saturated carbocycles. The molecule has 0 radical (unpaired) electrons. The second-order valence-corrected chi connectivity index (χ2v) is 3.10. The lowest BCUT2D eigenvalue weighted by Crippen LogP contribution is -2.26. The number of aliphatic hydroxyl groups is 1. The molecule has 1 aliphatic rings. The van der Waals surface area contributed by atoms with Crippen molar-refractivity contribution in [3.05, 3.63) is 0 Å². The van der Waals surface area contributed by atoms with Crippen LogP contribution in [0.4, 0.5) is 0 Å². The number of aliphatic hydroxyl groups excluding tert-OH is 1. The molecule has 0 amide bonds. The zero-order valence-electron chi connectivity index (χ0n) is 6.83. The van der Waals surface area contributed by atoms with E-state index in [4.69, 9.17) is 15.6 Å². The minimum Gasteiger partial charge on any atom is -0.392 e. The third-order valence-corrected chi connectivity index (χ3v) is 2.13. The van der Waals surface area contributed by atoms with E-state index in [1.165, 1.54) is 19.3 Å². The number of nitrogens with two attached hydrogens (primary N) is 1. The first kappa shape index (κ1) is 8.97. The van der Waals surface area contributed by atoms with E-state index in [2.05, 4.69) is 0 Å². The minimum atomic E-state index is -0.380. The van der Waals surface area contributed by atoms with Gasteiger partial charge in [-0.05, 0) is 25.7 Å². The SMILES string of the molecule is NCC(O)CCOC1CCC1. The summed E-state index contributed by atoms with van der Waals surface area (Å²) >= 11 is 0. The van der Waals surface area contributed by atoms with Crippen molar-refractivity contribution in [2.24, 2.45) is 5.73 Å². The van der Waals surface area contributed by atoms with E-state index in [1.54, 1.807) is 0 Å². The van der Waals surface area contributed by atoms with Gasteiger partial charge in [-0.3, -0.25) is 0 Å². The molecule has 1 rings (SSSR count). The summed E-state index contributed by atoms with van der Waals surface area (Å²) in [4.78, 5) is 0. The van der Waals surface area contributed by atoms with Gasteiger partial charge in [0.25, 0.3) is 0 Å². The number of rotatable bonds is 5. The Morgan fingerprint density at radius 2 is 2.27 bits per heavy atom. The normalized spacial score (nSPS) is 21.3. The van der Waals surface area contributed by atoms with Crippen molar-refractivity contribution in [2.75, 3.05) is 13.2 Å². The first-order chi connectivity index (χ1) is 5.33. The van der Waals surface area contributed by atoms with E-state index in [9.17, 15) is 0 Å². The Hall–Kier alpha value is -0.120. The third-order valence-electron chi connectivity index (χ3n) is 2.13. The second kappa shape index (κ2) is 4.70. The van der Waals surface area contributed by atoms with Crippen LogP contribution in [-0.2, 0) is 4.74 Å². The highest BCUT2D eigenvalue weighted by Crippen LogP contribution is 2.21. The lowest BCUT2D eigenvalue weighted by atomic mass is 9.96. The first-order valence-electron chi connectivity index (χ1n) is 4.32. The van der Waals surface area contributed by atoms with E-state index in [0.717, 1.165) is 0 Å². The van der Waals surface area contributed by atoms with Crippen LogP contribution in [-0.4, -0.2) is 30.5 Å². The summed E-state index contributed by atoms with van der Waals surface area (Å²) in [6.07, 6.45) is 4.45.